The van der Waals surface area contributed by atoms with Gasteiger partial charge in [-0.2, -0.15) is 0 Å². The highest BCUT2D eigenvalue weighted by Crippen LogP contribution is 2.28. The van der Waals surface area contributed by atoms with E-state index in [0.717, 1.165) is 9.64 Å². The minimum atomic E-state index is -0.693. The van der Waals surface area contributed by atoms with Crippen molar-refractivity contribution in [1.82, 2.24) is 15.0 Å². The lowest BCUT2D eigenvalue weighted by Crippen LogP contribution is -2.43. The van der Waals surface area contributed by atoms with Crippen LogP contribution in [0.2, 0.25) is 0 Å². The van der Waals surface area contributed by atoms with Crippen LogP contribution in [0.5, 0.6) is 0 Å². The average Bonchev–Trinajstić information content (AvgIpc) is 3.18. The van der Waals surface area contributed by atoms with E-state index in [1.54, 1.807) is 30.3 Å². The number of aromatic nitrogens is 4. The lowest BCUT2D eigenvalue weighted by atomic mass is 10.2. The Kier molecular flexibility index (Phi) is 6.12. The second-order valence-corrected chi connectivity index (χ2v) is 8.71. The average molecular weight is 579 g/mol. The SMILES string of the molecule is O=[N+]([O-])c1ccc(-[n+]2nc(-c3ccc(S)cc3S)nn2-c2ccc(I)cc2)c([N+](=O)[O-])c1. The van der Waals surface area contributed by atoms with Gasteiger partial charge in [0, 0.05) is 30.3 Å². The largest absolute Gasteiger partial charge is 0.341 e. The number of halogens is 1. The van der Waals surface area contributed by atoms with E-state index in [9.17, 15) is 20.2 Å². The number of nitro benzene ring substituents is 2. The van der Waals surface area contributed by atoms with Gasteiger partial charge in [-0.25, -0.2) is 0 Å². The fourth-order valence-corrected chi connectivity index (χ4v) is 3.92. The number of nitrogens with zero attached hydrogens (tertiary/aromatic N) is 6. The van der Waals surface area contributed by atoms with E-state index in [1.807, 2.05) is 12.1 Å². The lowest BCUT2D eigenvalue weighted by Gasteiger charge is -2.01. The quantitative estimate of drug-likeness (QED) is 0.120. The zero-order chi connectivity index (χ0) is 23.0. The van der Waals surface area contributed by atoms with E-state index in [-0.39, 0.29) is 11.5 Å². The maximum Gasteiger partial charge on any atom is 0.341 e. The first kappa shape index (κ1) is 22.2. The summed E-state index contributed by atoms with van der Waals surface area (Å²) in [5.41, 5.74) is 0.316. The summed E-state index contributed by atoms with van der Waals surface area (Å²) in [7, 11) is 0. The molecule has 0 radical (unpaired) electrons. The zero-order valence-electron chi connectivity index (χ0n) is 15.9. The molecule has 0 amide bonds. The Morgan fingerprint density at radius 3 is 2.28 bits per heavy atom. The third kappa shape index (κ3) is 4.31. The summed E-state index contributed by atoms with van der Waals surface area (Å²) >= 11 is 10.9. The maximum atomic E-state index is 11.7. The molecule has 0 unspecified atom stereocenters. The molecule has 0 N–H and O–H groups in total. The molecule has 1 aromatic heterocycles. The first-order valence-electron chi connectivity index (χ1n) is 8.86. The van der Waals surface area contributed by atoms with Crippen molar-refractivity contribution in [2.45, 2.75) is 9.79 Å². The number of benzene rings is 3. The number of hydrogen-bond donors (Lipinski definition) is 2. The van der Waals surface area contributed by atoms with Crippen molar-refractivity contribution in [3.63, 3.8) is 0 Å². The van der Waals surface area contributed by atoms with Crippen LogP contribution in [-0.2, 0) is 0 Å². The monoisotopic (exact) mass is 579 g/mol. The Labute approximate surface area is 205 Å². The Balaban J connectivity index is 1.99. The Morgan fingerprint density at radius 1 is 0.938 bits per heavy atom. The molecule has 0 bridgehead atoms. The number of tetrazole rings is 1. The summed E-state index contributed by atoms with van der Waals surface area (Å²) in [5.74, 6) is 0.259. The van der Waals surface area contributed by atoms with E-state index in [2.05, 4.69) is 58.0 Å². The van der Waals surface area contributed by atoms with Crippen LogP contribution in [0.1, 0.15) is 0 Å². The van der Waals surface area contributed by atoms with E-state index in [4.69, 9.17) is 0 Å². The highest BCUT2D eigenvalue weighted by molar-refractivity contribution is 14.1. The predicted molar refractivity (Wildman–Crippen MR) is 129 cm³/mol. The van der Waals surface area contributed by atoms with Crippen LogP contribution in [0.4, 0.5) is 11.4 Å². The van der Waals surface area contributed by atoms with Crippen LogP contribution >= 0.6 is 47.8 Å². The van der Waals surface area contributed by atoms with E-state index in [1.165, 1.54) is 21.7 Å². The summed E-state index contributed by atoms with van der Waals surface area (Å²) in [6.45, 7) is 0. The molecule has 4 aromatic rings. The summed E-state index contributed by atoms with van der Waals surface area (Å²) in [6.07, 6.45) is 0. The van der Waals surface area contributed by atoms with Crippen molar-refractivity contribution >= 4 is 59.2 Å². The van der Waals surface area contributed by atoms with E-state index >= 15 is 0 Å². The van der Waals surface area contributed by atoms with Gasteiger partial charge in [0.05, 0.1) is 26.6 Å². The molecule has 1 heterocycles. The van der Waals surface area contributed by atoms with Gasteiger partial charge >= 0.3 is 11.5 Å². The van der Waals surface area contributed by atoms with Gasteiger partial charge in [-0.1, -0.05) is 0 Å². The molecule has 32 heavy (non-hydrogen) atoms. The second-order valence-electron chi connectivity index (χ2n) is 6.47. The topological polar surface area (TPSA) is 121 Å². The standard InChI is InChI=1S/C19H11IN6O4S2/c20-11-1-3-12(4-2-11)23-21-19(15-7-6-14(31)10-18(15)32)22-24(23)16-8-5-13(25(27)28)9-17(16)26(29)30/h1-10H,(H-,21,22,31,32)/p+1. The Bertz CT molecular complexity index is 1380. The number of rotatable bonds is 5. The number of nitro groups is 2. The van der Waals surface area contributed by atoms with Gasteiger partial charge in [-0.05, 0) is 75.0 Å². The normalized spacial score (nSPS) is 10.8. The summed E-state index contributed by atoms with van der Waals surface area (Å²) in [6, 6.07) is 15.9. The first-order chi connectivity index (χ1) is 15.2. The summed E-state index contributed by atoms with van der Waals surface area (Å²) in [5, 5.41) is 31.9. The van der Waals surface area contributed by atoms with Gasteiger partial charge < -0.3 is 0 Å². The van der Waals surface area contributed by atoms with Crippen LogP contribution < -0.4 is 4.80 Å². The number of thiol groups is 2. The van der Waals surface area contributed by atoms with Crippen LogP contribution in [0.25, 0.3) is 22.8 Å². The predicted octanol–water partition coefficient (Wildman–Crippen LogP) is 4.21. The van der Waals surface area contributed by atoms with Crippen molar-refractivity contribution < 1.29 is 14.6 Å². The molecule has 0 aliphatic carbocycles. The molecule has 0 spiro atoms. The summed E-state index contributed by atoms with van der Waals surface area (Å²) < 4.78 is 0.988. The summed E-state index contributed by atoms with van der Waals surface area (Å²) in [4.78, 5) is 25.4. The zero-order valence-corrected chi connectivity index (χ0v) is 19.8. The van der Waals surface area contributed by atoms with Crippen molar-refractivity contribution in [1.29, 1.82) is 0 Å². The van der Waals surface area contributed by atoms with Crippen LogP contribution in [0, 0.1) is 23.8 Å². The molecule has 3 aromatic carbocycles. The molecular weight excluding hydrogens is 567 g/mol. The molecule has 0 aliphatic heterocycles. The van der Waals surface area contributed by atoms with Crippen molar-refractivity contribution in [2.75, 3.05) is 0 Å². The van der Waals surface area contributed by atoms with Gasteiger partial charge in [0.15, 0.2) is 0 Å². The van der Waals surface area contributed by atoms with Crippen molar-refractivity contribution in [2.24, 2.45) is 0 Å². The third-order valence-corrected chi connectivity index (χ3v) is 5.79. The highest BCUT2D eigenvalue weighted by atomic mass is 127. The van der Waals surface area contributed by atoms with Crippen LogP contribution in [-0.4, -0.2) is 24.8 Å². The molecular formula is C19H12IN6O4S2+. The van der Waals surface area contributed by atoms with E-state index < -0.39 is 21.2 Å². The third-order valence-electron chi connectivity index (χ3n) is 4.42. The molecule has 0 aliphatic rings. The fourth-order valence-electron chi connectivity index (χ4n) is 2.94. The smallest absolute Gasteiger partial charge is 0.258 e. The maximum absolute atomic E-state index is 11.7. The van der Waals surface area contributed by atoms with Gasteiger partial charge in [0.1, 0.15) is 5.69 Å². The van der Waals surface area contributed by atoms with Gasteiger partial charge in [-0.15, -0.1) is 25.3 Å². The lowest BCUT2D eigenvalue weighted by molar-refractivity contribution is -0.736. The van der Waals surface area contributed by atoms with E-state index in [0.29, 0.717) is 21.0 Å². The van der Waals surface area contributed by atoms with Gasteiger partial charge in [0.25, 0.3) is 11.4 Å². The Morgan fingerprint density at radius 2 is 1.66 bits per heavy atom. The fraction of sp³-hybridized carbons (Fsp3) is 0. The highest BCUT2D eigenvalue weighted by Gasteiger charge is 2.31. The molecule has 160 valence electrons. The molecule has 13 heteroatoms. The first-order valence-corrected chi connectivity index (χ1v) is 10.8. The van der Waals surface area contributed by atoms with Crippen molar-refractivity contribution in [3.8, 4) is 22.8 Å². The van der Waals surface area contributed by atoms with Gasteiger partial charge in [0.2, 0.25) is 0 Å². The van der Waals surface area contributed by atoms with Crippen LogP contribution in [0.15, 0.2) is 70.5 Å². The van der Waals surface area contributed by atoms with Gasteiger partial charge in [-0.3, -0.25) is 20.2 Å². The second kappa shape index (κ2) is 8.84. The molecule has 0 saturated carbocycles. The molecule has 10 nitrogen and oxygen atoms in total. The van der Waals surface area contributed by atoms with Crippen molar-refractivity contribution in [3.05, 3.63) is 84.5 Å². The Hall–Kier alpha value is -3.04. The molecule has 0 atom stereocenters. The minimum absolute atomic E-state index is 0.0180. The number of hydrogen-bond acceptors (Lipinski definition) is 8. The molecule has 0 saturated heterocycles. The molecule has 4 rings (SSSR count). The molecule has 0 fully saturated rings. The van der Waals surface area contributed by atoms with Crippen LogP contribution in [0.3, 0.4) is 0 Å². The minimum Gasteiger partial charge on any atom is -0.258 e. The number of non-ortho nitro benzene ring substituents is 1.